The molecule has 0 saturated heterocycles. The first-order chi connectivity index (χ1) is 10.1. The first kappa shape index (κ1) is 13.9. The van der Waals surface area contributed by atoms with Crippen molar-refractivity contribution in [2.75, 3.05) is 6.54 Å². The molecule has 0 aromatic carbocycles. The highest BCUT2D eigenvalue weighted by Gasteiger charge is 2.11. The fourth-order valence-corrected chi connectivity index (χ4v) is 3.14. The number of aromatic amines is 1. The lowest BCUT2D eigenvalue weighted by atomic mass is 10.2. The Morgan fingerprint density at radius 2 is 2.29 bits per heavy atom. The Bertz CT molecular complexity index is 806. The number of nitrogens with zero attached hydrogens (tertiary/aromatic N) is 3. The van der Waals surface area contributed by atoms with Gasteiger partial charge in [0.2, 0.25) is 6.39 Å². The number of thiophene rings is 1. The Kier molecular flexibility index (Phi) is 3.80. The summed E-state index contributed by atoms with van der Waals surface area (Å²) in [6, 6.07) is 0. The lowest BCUT2D eigenvalue weighted by Gasteiger charge is -2.02. The van der Waals surface area contributed by atoms with Crippen molar-refractivity contribution >= 4 is 21.6 Å². The minimum atomic E-state index is -0.0724. The Morgan fingerprint density at radius 1 is 1.43 bits per heavy atom. The Morgan fingerprint density at radius 3 is 3.05 bits per heavy atom. The third kappa shape index (κ3) is 2.86. The summed E-state index contributed by atoms with van der Waals surface area (Å²) in [5, 5.41) is 7.64. The van der Waals surface area contributed by atoms with Gasteiger partial charge in [0.05, 0.1) is 11.9 Å². The number of hydrogen-bond acceptors (Lipinski definition) is 7. The van der Waals surface area contributed by atoms with Gasteiger partial charge in [-0.05, 0) is 19.4 Å². The van der Waals surface area contributed by atoms with Gasteiger partial charge >= 0.3 is 0 Å². The van der Waals surface area contributed by atoms with E-state index in [9.17, 15) is 4.79 Å². The molecular formula is C13H15N5O2S. The fraction of sp³-hybridized carbons (Fsp3) is 0.385. The minimum Gasteiger partial charge on any atom is -0.343 e. The third-order valence-electron chi connectivity index (χ3n) is 3.31. The van der Waals surface area contributed by atoms with Crippen molar-refractivity contribution in [1.82, 2.24) is 25.4 Å². The summed E-state index contributed by atoms with van der Waals surface area (Å²) in [5.74, 6) is 1.30. The first-order valence-electron chi connectivity index (χ1n) is 6.60. The predicted octanol–water partition coefficient (Wildman–Crippen LogP) is 1.32. The number of nitrogens with one attached hydrogen (secondary N) is 2. The maximum absolute atomic E-state index is 12.1. The molecule has 8 heteroatoms. The summed E-state index contributed by atoms with van der Waals surface area (Å²) in [7, 11) is 0. The van der Waals surface area contributed by atoms with E-state index in [0.717, 1.165) is 15.3 Å². The predicted molar refractivity (Wildman–Crippen MR) is 79.4 cm³/mol. The Hall–Kier alpha value is -2.06. The number of aromatic nitrogens is 4. The molecule has 3 heterocycles. The van der Waals surface area contributed by atoms with Crippen LogP contribution in [0.1, 0.15) is 22.1 Å². The van der Waals surface area contributed by atoms with E-state index in [2.05, 4.69) is 29.9 Å². The van der Waals surface area contributed by atoms with Crippen molar-refractivity contribution in [1.29, 1.82) is 0 Å². The first-order valence-corrected chi connectivity index (χ1v) is 7.41. The SMILES string of the molecule is Cc1sc2nc(CNCCc3ncon3)[nH]c(=O)c2c1C. The number of rotatable bonds is 5. The molecule has 0 fully saturated rings. The van der Waals surface area contributed by atoms with Crippen LogP contribution in [0.25, 0.3) is 10.2 Å². The van der Waals surface area contributed by atoms with Crippen LogP contribution in [0.15, 0.2) is 15.7 Å². The quantitative estimate of drug-likeness (QED) is 0.690. The zero-order valence-corrected chi connectivity index (χ0v) is 12.6. The van der Waals surface area contributed by atoms with E-state index in [0.29, 0.717) is 36.5 Å². The number of hydrogen-bond donors (Lipinski definition) is 2. The van der Waals surface area contributed by atoms with Gasteiger partial charge < -0.3 is 14.8 Å². The van der Waals surface area contributed by atoms with Crippen LogP contribution in [0, 0.1) is 13.8 Å². The van der Waals surface area contributed by atoms with Gasteiger partial charge in [0, 0.05) is 17.8 Å². The molecule has 3 aromatic rings. The van der Waals surface area contributed by atoms with E-state index in [1.807, 2.05) is 13.8 Å². The highest BCUT2D eigenvalue weighted by Crippen LogP contribution is 2.25. The maximum Gasteiger partial charge on any atom is 0.259 e. The second-order valence-electron chi connectivity index (χ2n) is 4.75. The van der Waals surface area contributed by atoms with Crippen LogP contribution in [-0.4, -0.2) is 26.7 Å². The van der Waals surface area contributed by atoms with Crippen molar-refractivity contribution in [3.8, 4) is 0 Å². The monoisotopic (exact) mass is 305 g/mol. The maximum atomic E-state index is 12.1. The number of H-pyrrole nitrogens is 1. The molecule has 0 spiro atoms. The van der Waals surface area contributed by atoms with Gasteiger partial charge in [-0.3, -0.25) is 4.79 Å². The Labute approximate surface area is 124 Å². The average Bonchev–Trinajstić information content (AvgIpc) is 3.04. The number of aryl methyl sites for hydroxylation is 2. The normalized spacial score (nSPS) is 11.3. The standard InChI is InChI=1S/C13H15N5O2S/c1-7-8(2)21-13-11(7)12(19)16-10(17-13)5-14-4-3-9-15-6-20-18-9/h6,14H,3-5H2,1-2H3,(H,16,17,19). The second-order valence-corrected chi connectivity index (χ2v) is 5.95. The van der Waals surface area contributed by atoms with Gasteiger partial charge in [-0.1, -0.05) is 5.16 Å². The molecule has 0 saturated carbocycles. The van der Waals surface area contributed by atoms with Crippen molar-refractivity contribution in [2.24, 2.45) is 0 Å². The highest BCUT2D eigenvalue weighted by atomic mass is 32.1. The fourth-order valence-electron chi connectivity index (χ4n) is 2.09. The van der Waals surface area contributed by atoms with Crippen LogP contribution >= 0.6 is 11.3 Å². The molecule has 0 bridgehead atoms. The van der Waals surface area contributed by atoms with Crippen molar-refractivity contribution in [3.63, 3.8) is 0 Å². The molecule has 0 amide bonds. The molecule has 0 aliphatic rings. The molecule has 0 aliphatic heterocycles. The topological polar surface area (TPSA) is 96.7 Å². The van der Waals surface area contributed by atoms with Crippen LogP contribution in [0.4, 0.5) is 0 Å². The lowest BCUT2D eigenvalue weighted by molar-refractivity contribution is 0.409. The van der Waals surface area contributed by atoms with Gasteiger partial charge in [-0.25, -0.2) is 4.98 Å². The molecule has 0 atom stereocenters. The summed E-state index contributed by atoms with van der Waals surface area (Å²) >= 11 is 1.55. The van der Waals surface area contributed by atoms with E-state index in [1.165, 1.54) is 6.39 Å². The van der Waals surface area contributed by atoms with Gasteiger partial charge in [0.25, 0.3) is 5.56 Å². The molecule has 21 heavy (non-hydrogen) atoms. The second kappa shape index (κ2) is 5.74. The smallest absolute Gasteiger partial charge is 0.259 e. The van der Waals surface area contributed by atoms with Gasteiger partial charge in [-0.2, -0.15) is 4.98 Å². The van der Waals surface area contributed by atoms with Crippen molar-refractivity contribution in [2.45, 2.75) is 26.8 Å². The van der Waals surface area contributed by atoms with Crippen LogP contribution < -0.4 is 10.9 Å². The molecule has 2 N–H and O–H groups in total. The summed E-state index contributed by atoms with van der Waals surface area (Å²) in [6.45, 7) is 5.14. The van der Waals surface area contributed by atoms with Crippen molar-refractivity contribution in [3.05, 3.63) is 38.8 Å². The molecule has 0 radical (unpaired) electrons. The number of fused-ring (bicyclic) bond motifs is 1. The van der Waals surface area contributed by atoms with Crippen LogP contribution in [-0.2, 0) is 13.0 Å². The van der Waals surface area contributed by atoms with E-state index in [1.54, 1.807) is 11.3 Å². The van der Waals surface area contributed by atoms with E-state index in [4.69, 9.17) is 0 Å². The van der Waals surface area contributed by atoms with Crippen molar-refractivity contribution < 1.29 is 4.52 Å². The van der Waals surface area contributed by atoms with Gasteiger partial charge in [-0.15, -0.1) is 11.3 Å². The lowest BCUT2D eigenvalue weighted by Crippen LogP contribution is -2.21. The molecular weight excluding hydrogens is 290 g/mol. The van der Waals surface area contributed by atoms with E-state index in [-0.39, 0.29) is 5.56 Å². The van der Waals surface area contributed by atoms with Crippen LogP contribution in [0.3, 0.4) is 0 Å². The summed E-state index contributed by atoms with van der Waals surface area (Å²) in [6.07, 6.45) is 1.98. The molecule has 3 aromatic heterocycles. The average molecular weight is 305 g/mol. The minimum absolute atomic E-state index is 0.0724. The van der Waals surface area contributed by atoms with Gasteiger partial charge in [0.15, 0.2) is 5.82 Å². The Balaban J connectivity index is 1.68. The van der Waals surface area contributed by atoms with E-state index >= 15 is 0 Å². The van der Waals surface area contributed by atoms with E-state index < -0.39 is 0 Å². The van der Waals surface area contributed by atoms with Gasteiger partial charge in [0.1, 0.15) is 10.7 Å². The van der Waals surface area contributed by atoms with Crippen LogP contribution in [0.5, 0.6) is 0 Å². The molecule has 0 unspecified atom stereocenters. The molecule has 0 aliphatic carbocycles. The third-order valence-corrected chi connectivity index (χ3v) is 4.41. The molecule has 7 nitrogen and oxygen atoms in total. The summed E-state index contributed by atoms with van der Waals surface area (Å²) in [4.78, 5) is 25.3. The van der Waals surface area contributed by atoms with Crippen LogP contribution in [0.2, 0.25) is 0 Å². The molecule has 110 valence electrons. The zero-order chi connectivity index (χ0) is 14.8. The largest absolute Gasteiger partial charge is 0.343 e. The summed E-state index contributed by atoms with van der Waals surface area (Å²) in [5.41, 5.74) is 0.942. The highest BCUT2D eigenvalue weighted by molar-refractivity contribution is 7.18. The molecule has 3 rings (SSSR count). The summed E-state index contributed by atoms with van der Waals surface area (Å²) < 4.78 is 4.66. The zero-order valence-electron chi connectivity index (χ0n) is 11.8.